The molecule has 5 heteroatoms. The molecule has 0 aliphatic heterocycles. The highest BCUT2D eigenvalue weighted by Crippen LogP contribution is 2.47. The smallest absolute Gasteiger partial charge is 0.223 e. The van der Waals surface area contributed by atoms with Crippen LogP contribution in [0.4, 0.5) is 0 Å². The number of aromatic nitrogens is 1. The lowest BCUT2D eigenvalue weighted by molar-refractivity contribution is -0.122. The molecular weight excluding hydrogens is 308 g/mol. The normalized spacial score (nSPS) is 22.6. The van der Waals surface area contributed by atoms with Crippen molar-refractivity contribution < 1.29 is 9.21 Å². The maximum Gasteiger partial charge on any atom is 0.223 e. The van der Waals surface area contributed by atoms with Gasteiger partial charge in [0.25, 0.3) is 0 Å². The summed E-state index contributed by atoms with van der Waals surface area (Å²) in [5.74, 6) is 1.51. The zero-order valence-electron chi connectivity index (χ0n) is 13.2. The molecule has 2 aliphatic rings. The first-order chi connectivity index (χ1) is 11.3. The quantitative estimate of drug-likeness (QED) is 0.825. The predicted octanol–water partition coefficient (Wildman–Crippen LogP) is 3.47. The van der Waals surface area contributed by atoms with E-state index in [9.17, 15) is 4.79 Å². The largest absolute Gasteiger partial charge is 0.469 e. The van der Waals surface area contributed by atoms with Crippen LogP contribution in [0.5, 0.6) is 0 Å². The number of hydrogen-bond donors (Lipinski definition) is 1. The number of thiazole rings is 1. The first-order valence-electron chi connectivity index (χ1n) is 8.60. The summed E-state index contributed by atoms with van der Waals surface area (Å²) in [6.07, 6.45) is 9.49. The van der Waals surface area contributed by atoms with Crippen LogP contribution in [0.2, 0.25) is 0 Å². The van der Waals surface area contributed by atoms with Crippen molar-refractivity contribution >= 4 is 17.2 Å². The summed E-state index contributed by atoms with van der Waals surface area (Å²) in [7, 11) is 0. The summed E-state index contributed by atoms with van der Waals surface area (Å²) in [6, 6.07) is 3.85. The Morgan fingerprint density at radius 3 is 3.13 bits per heavy atom. The van der Waals surface area contributed by atoms with Crippen molar-refractivity contribution in [1.29, 1.82) is 0 Å². The minimum atomic E-state index is 0.105. The molecule has 0 bridgehead atoms. The van der Waals surface area contributed by atoms with Crippen LogP contribution in [0.1, 0.15) is 52.9 Å². The van der Waals surface area contributed by atoms with Gasteiger partial charge in [0, 0.05) is 29.7 Å². The summed E-state index contributed by atoms with van der Waals surface area (Å²) in [5.41, 5.74) is 1.33. The van der Waals surface area contributed by atoms with E-state index in [0.29, 0.717) is 0 Å². The fraction of sp³-hybridized carbons (Fsp3) is 0.556. The lowest BCUT2D eigenvalue weighted by Gasteiger charge is -2.06. The number of amides is 1. The van der Waals surface area contributed by atoms with Gasteiger partial charge in [0.2, 0.25) is 5.91 Å². The minimum Gasteiger partial charge on any atom is -0.469 e. The number of furan rings is 1. The molecule has 0 spiro atoms. The number of carbonyl (C=O) groups is 1. The van der Waals surface area contributed by atoms with E-state index >= 15 is 0 Å². The van der Waals surface area contributed by atoms with E-state index < -0.39 is 0 Å². The van der Waals surface area contributed by atoms with Gasteiger partial charge in [0.15, 0.2) is 0 Å². The third-order valence-electron chi connectivity index (χ3n) is 4.79. The topological polar surface area (TPSA) is 55.1 Å². The van der Waals surface area contributed by atoms with Gasteiger partial charge >= 0.3 is 0 Å². The SMILES string of the molecule is O=C(NCCCc1nc2c(s1)CCCC2)[C@H]1C[C@@H]1c1ccco1. The van der Waals surface area contributed by atoms with E-state index in [1.165, 1.54) is 34.8 Å². The first-order valence-corrected chi connectivity index (χ1v) is 9.41. The van der Waals surface area contributed by atoms with Crippen molar-refractivity contribution in [2.24, 2.45) is 5.92 Å². The standard InChI is InChI=1S/C18H22N2O2S/c21-18(13-11-12(13)15-6-4-10-22-15)19-9-3-8-17-20-14-5-1-2-7-16(14)23-17/h4,6,10,12-13H,1-3,5,7-9,11H2,(H,19,21)/t12-,13-/m0/s1. The van der Waals surface area contributed by atoms with Crippen LogP contribution in [-0.4, -0.2) is 17.4 Å². The highest BCUT2D eigenvalue weighted by Gasteiger charge is 2.45. The van der Waals surface area contributed by atoms with Crippen LogP contribution in [-0.2, 0) is 24.1 Å². The summed E-state index contributed by atoms with van der Waals surface area (Å²) < 4.78 is 5.37. The molecule has 4 nitrogen and oxygen atoms in total. The molecule has 4 rings (SSSR count). The van der Waals surface area contributed by atoms with Crippen LogP contribution >= 0.6 is 11.3 Å². The Kier molecular flexibility index (Phi) is 4.21. The summed E-state index contributed by atoms with van der Waals surface area (Å²) >= 11 is 1.88. The van der Waals surface area contributed by atoms with Crippen LogP contribution in [0.3, 0.4) is 0 Å². The molecule has 0 aromatic carbocycles. The Labute approximate surface area is 140 Å². The van der Waals surface area contributed by atoms with Crippen LogP contribution < -0.4 is 5.32 Å². The van der Waals surface area contributed by atoms with Crippen molar-refractivity contribution in [3.05, 3.63) is 39.7 Å². The van der Waals surface area contributed by atoms with Crippen molar-refractivity contribution in [1.82, 2.24) is 10.3 Å². The number of hydrogen-bond acceptors (Lipinski definition) is 4. The molecular formula is C18H22N2O2S. The molecule has 2 aromatic rings. The molecule has 2 aromatic heterocycles. The van der Waals surface area contributed by atoms with E-state index in [-0.39, 0.29) is 17.7 Å². The second kappa shape index (κ2) is 6.48. The van der Waals surface area contributed by atoms with E-state index in [2.05, 4.69) is 5.32 Å². The third-order valence-corrected chi connectivity index (χ3v) is 6.01. The fourth-order valence-electron chi connectivity index (χ4n) is 3.40. The zero-order chi connectivity index (χ0) is 15.6. The maximum absolute atomic E-state index is 12.1. The lowest BCUT2D eigenvalue weighted by Crippen LogP contribution is -2.26. The molecule has 23 heavy (non-hydrogen) atoms. The van der Waals surface area contributed by atoms with Gasteiger partial charge < -0.3 is 9.73 Å². The molecule has 0 unspecified atom stereocenters. The average molecular weight is 330 g/mol. The van der Waals surface area contributed by atoms with Gasteiger partial charge in [-0.25, -0.2) is 4.98 Å². The monoisotopic (exact) mass is 330 g/mol. The van der Waals surface area contributed by atoms with Gasteiger partial charge in [0.1, 0.15) is 5.76 Å². The van der Waals surface area contributed by atoms with Crippen LogP contribution in [0.25, 0.3) is 0 Å². The van der Waals surface area contributed by atoms with E-state index in [1.807, 2.05) is 23.5 Å². The highest BCUT2D eigenvalue weighted by atomic mass is 32.1. The zero-order valence-corrected chi connectivity index (χ0v) is 14.0. The summed E-state index contributed by atoms with van der Waals surface area (Å²) in [6.45, 7) is 0.741. The van der Waals surface area contributed by atoms with Gasteiger partial charge in [0.05, 0.1) is 17.0 Å². The number of carbonyl (C=O) groups excluding carboxylic acids is 1. The van der Waals surface area contributed by atoms with E-state index in [0.717, 1.165) is 38.0 Å². The van der Waals surface area contributed by atoms with Gasteiger partial charge in [-0.1, -0.05) is 0 Å². The average Bonchev–Trinajstić information content (AvgIpc) is 2.99. The molecule has 0 radical (unpaired) electrons. The molecule has 1 amide bonds. The molecule has 1 fully saturated rings. The van der Waals surface area contributed by atoms with Gasteiger partial charge in [-0.15, -0.1) is 11.3 Å². The van der Waals surface area contributed by atoms with Crippen LogP contribution in [0.15, 0.2) is 22.8 Å². The minimum absolute atomic E-state index is 0.105. The van der Waals surface area contributed by atoms with Gasteiger partial charge in [-0.05, 0) is 50.7 Å². The molecule has 1 saturated carbocycles. The Morgan fingerprint density at radius 2 is 2.30 bits per heavy atom. The number of nitrogens with zero attached hydrogens (tertiary/aromatic N) is 1. The predicted molar refractivity (Wildman–Crippen MR) is 89.6 cm³/mol. The number of rotatable bonds is 6. The molecule has 0 saturated heterocycles. The summed E-state index contributed by atoms with van der Waals surface area (Å²) in [5, 5.41) is 4.31. The highest BCUT2D eigenvalue weighted by molar-refractivity contribution is 7.11. The Balaban J connectivity index is 1.19. The number of nitrogens with one attached hydrogen (secondary N) is 1. The van der Waals surface area contributed by atoms with Gasteiger partial charge in [-0.3, -0.25) is 4.79 Å². The van der Waals surface area contributed by atoms with Crippen molar-refractivity contribution in [3.63, 3.8) is 0 Å². The van der Waals surface area contributed by atoms with Gasteiger partial charge in [-0.2, -0.15) is 0 Å². The molecule has 2 heterocycles. The fourth-order valence-corrected chi connectivity index (χ4v) is 4.59. The lowest BCUT2D eigenvalue weighted by atomic mass is 10.0. The van der Waals surface area contributed by atoms with Crippen molar-refractivity contribution in [2.45, 2.75) is 50.9 Å². The Hall–Kier alpha value is -1.62. The van der Waals surface area contributed by atoms with Crippen molar-refractivity contribution in [3.8, 4) is 0 Å². The molecule has 2 aliphatic carbocycles. The number of fused-ring (bicyclic) bond motifs is 1. The van der Waals surface area contributed by atoms with E-state index in [4.69, 9.17) is 9.40 Å². The molecule has 2 atom stereocenters. The Bertz CT molecular complexity index is 654. The Morgan fingerprint density at radius 1 is 1.39 bits per heavy atom. The second-order valence-corrected chi connectivity index (χ2v) is 7.71. The van der Waals surface area contributed by atoms with Crippen LogP contribution in [0, 0.1) is 5.92 Å². The summed E-state index contributed by atoms with van der Waals surface area (Å²) in [4.78, 5) is 18.4. The first kappa shape index (κ1) is 14.9. The number of aryl methyl sites for hydroxylation is 3. The van der Waals surface area contributed by atoms with Crippen molar-refractivity contribution in [2.75, 3.05) is 6.54 Å². The molecule has 122 valence electrons. The molecule has 1 N–H and O–H groups in total. The maximum atomic E-state index is 12.1. The second-order valence-electron chi connectivity index (χ2n) is 6.54. The third kappa shape index (κ3) is 3.34. The van der Waals surface area contributed by atoms with E-state index in [1.54, 1.807) is 6.26 Å².